The minimum Gasteiger partial charge on any atom is -0.337 e. The number of likely N-dealkylation sites (tertiary alicyclic amines) is 1. The molecule has 23 heavy (non-hydrogen) atoms. The predicted molar refractivity (Wildman–Crippen MR) is 84.8 cm³/mol. The zero-order chi connectivity index (χ0) is 16.4. The van der Waals surface area contributed by atoms with E-state index in [0.29, 0.717) is 17.7 Å². The van der Waals surface area contributed by atoms with E-state index in [0.717, 1.165) is 31.0 Å². The van der Waals surface area contributed by atoms with Crippen LogP contribution in [0.25, 0.3) is 0 Å². The maximum Gasteiger partial charge on any atom is 0.253 e. The Morgan fingerprint density at radius 3 is 2.65 bits per heavy atom. The van der Waals surface area contributed by atoms with E-state index in [2.05, 4.69) is 16.2 Å². The Labute approximate surface area is 135 Å². The van der Waals surface area contributed by atoms with E-state index < -0.39 is 0 Å². The molecule has 0 unspecified atom stereocenters. The van der Waals surface area contributed by atoms with Crippen molar-refractivity contribution in [1.29, 1.82) is 5.26 Å². The molecule has 3 rings (SSSR count). The van der Waals surface area contributed by atoms with Crippen LogP contribution in [0.1, 0.15) is 46.5 Å². The van der Waals surface area contributed by atoms with Gasteiger partial charge in [-0.15, -0.1) is 0 Å². The van der Waals surface area contributed by atoms with Gasteiger partial charge in [-0.05, 0) is 51.0 Å². The third kappa shape index (κ3) is 3.09. The molecule has 1 saturated heterocycles. The first-order chi connectivity index (χ1) is 11.1. The molecule has 0 saturated carbocycles. The van der Waals surface area contributed by atoms with Crippen molar-refractivity contribution >= 4 is 5.91 Å². The lowest BCUT2D eigenvalue weighted by atomic mass is 10.0. The van der Waals surface area contributed by atoms with Crippen molar-refractivity contribution in [2.45, 2.75) is 32.7 Å². The average molecular weight is 309 g/mol. The fraction of sp³-hybridized carbons (Fsp3) is 0.412. The summed E-state index contributed by atoms with van der Waals surface area (Å²) in [5.41, 5.74) is 1.18. The number of nitrogens with zero attached hydrogens (tertiary/aromatic N) is 5. The van der Waals surface area contributed by atoms with Gasteiger partial charge in [-0.25, -0.2) is 9.67 Å². The number of hydrogen-bond donors (Lipinski definition) is 0. The summed E-state index contributed by atoms with van der Waals surface area (Å²) in [4.78, 5) is 18.9. The van der Waals surface area contributed by atoms with Crippen LogP contribution < -0.4 is 0 Å². The highest BCUT2D eigenvalue weighted by Gasteiger charge is 2.27. The lowest BCUT2D eigenvalue weighted by molar-refractivity contribution is 0.0671. The van der Waals surface area contributed by atoms with Crippen molar-refractivity contribution in [3.63, 3.8) is 0 Å². The highest BCUT2D eigenvalue weighted by Crippen LogP contribution is 2.23. The van der Waals surface area contributed by atoms with Crippen molar-refractivity contribution in [1.82, 2.24) is 19.7 Å². The van der Waals surface area contributed by atoms with Crippen molar-refractivity contribution in [3.8, 4) is 6.07 Å². The molecule has 6 nitrogen and oxygen atoms in total. The van der Waals surface area contributed by atoms with Gasteiger partial charge in [-0.1, -0.05) is 0 Å². The largest absolute Gasteiger partial charge is 0.337 e. The standard InChI is InChI=1S/C17H19N5O/c1-12-19-13(2)22(20-12)16-4-3-9-21(11-16)17(23)15-7-5-14(10-18)6-8-15/h5-8,16H,3-4,9,11H2,1-2H3/t16-/m1/s1. The van der Waals surface area contributed by atoms with Crippen LogP contribution in [0.3, 0.4) is 0 Å². The molecule has 6 heteroatoms. The smallest absolute Gasteiger partial charge is 0.253 e. The Balaban J connectivity index is 1.76. The molecule has 1 aliphatic rings. The second kappa shape index (κ2) is 6.21. The van der Waals surface area contributed by atoms with Crippen molar-refractivity contribution in [3.05, 3.63) is 47.0 Å². The molecule has 1 aromatic carbocycles. The summed E-state index contributed by atoms with van der Waals surface area (Å²) < 4.78 is 1.94. The maximum absolute atomic E-state index is 12.7. The molecule has 2 aromatic rings. The number of benzene rings is 1. The number of hydrogen-bond acceptors (Lipinski definition) is 4. The van der Waals surface area contributed by atoms with Crippen LogP contribution >= 0.6 is 0 Å². The predicted octanol–water partition coefficient (Wildman–Crippen LogP) is 2.24. The molecule has 1 aromatic heterocycles. The lowest BCUT2D eigenvalue weighted by Crippen LogP contribution is -2.41. The van der Waals surface area contributed by atoms with Crippen molar-refractivity contribution in [2.24, 2.45) is 0 Å². The van der Waals surface area contributed by atoms with Crippen LogP contribution in [-0.2, 0) is 0 Å². The molecule has 0 spiro atoms. The van der Waals surface area contributed by atoms with Gasteiger partial charge in [-0.3, -0.25) is 4.79 Å². The normalized spacial score (nSPS) is 17.8. The van der Waals surface area contributed by atoms with Gasteiger partial charge in [-0.2, -0.15) is 10.4 Å². The maximum atomic E-state index is 12.7. The van der Waals surface area contributed by atoms with Crippen LogP contribution in [0.4, 0.5) is 0 Å². The molecule has 0 bridgehead atoms. The summed E-state index contributed by atoms with van der Waals surface area (Å²) in [6.07, 6.45) is 1.95. The Morgan fingerprint density at radius 1 is 1.30 bits per heavy atom. The topological polar surface area (TPSA) is 74.8 Å². The quantitative estimate of drug-likeness (QED) is 0.852. The first kappa shape index (κ1) is 15.2. The SMILES string of the molecule is Cc1nc(C)n([C@@H]2CCCN(C(=O)c3ccc(C#N)cc3)C2)n1. The second-order valence-electron chi connectivity index (χ2n) is 5.89. The van der Waals surface area contributed by atoms with Crippen LogP contribution in [0.15, 0.2) is 24.3 Å². The molecule has 1 fully saturated rings. The summed E-state index contributed by atoms with van der Waals surface area (Å²) >= 11 is 0. The summed E-state index contributed by atoms with van der Waals surface area (Å²) in [5, 5.41) is 13.3. The van der Waals surface area contributed by atoms with E-state index in [9.17, 15) is 4.79 Å². The molecule has 1 aliphatic heterocycles. The number of carbonyl (C=O) groups excluding carboxylic acids is 1. The van der Waals surface area contributed by atoms with Crippen LogP contribution in [-0.4, -0.2) is 38.7 Å². The Kier molecular flexibility index (Phi) is 4.11. The second-order valence-corrected chi connectivity index (χ2v) is 5.89. The van der Waals surface area contributed by atoms with Crippen molar-refractivity contribution in [2.75, 3.05) is 13.1 Å². The third-order valence-corrected chi connectivity index (χ3v) is 4.20. The van der Waals surface area contributed by atoms with E-state index in [1.165, 1.54) is 0 Å². The molecular formula is C17H19N5O. The van der Waals surface area contributed by atoms with E-state index in [1.807, 2.05) is 23.4 Å². The van der Waals surface area contributed by atoms with Crippen LogP contribution in [0.5, 0.6) is 0 Å². The van der Waals surface area contributed by atoms with E-state index >= 15 is 0 Å². The average Bonchev–Trinajstić information content (AvgIpc) is 2.93. The highest BCUT2D eigenvalue weighted by atomic mass is 16.2. The Bertz CT molecular complexity index is 756. The first-order valence-electron chi connectivity index (χ1n) is 7.77. The number of amides is 1. The summed E-state index contributed by atoms with van der Waals surface area (Å²) in [6.45, 7) is 5.22. The van der Waals surface area contributed by atoms with Crippen LogP contribution in [0.2, 0.25) is 0 Å². The fourth-order valence-electron chi connectivity index (χ4n) is 3.09. The molecule has 118 valence electrons. The summed E-state index contributed by atoms with van der Waals surface area (Å²) in [7, 11) is 0. The highest BCUT2D eigenvalue weighted by molar-refractivity contribution is 5.94. The van der Waals surface area contributed by atoms with Gasteiger partial charge in [0.2, 0.25) is 0 Å². The Morgan fingerprint density at radius 2 is 2.04 bits per heavy atom. The van der Waals surface area contributed by atoms with Gasteiger partial charge in [0.25, 0.3) is 5.91 Å². The third-order valence-electron chi connectivity index (χ3n) is 4.20. The monoisotopic (exact) mass is 309 g/mol. The molecular weight excluding hydrogens is 290 g/mol. The van der Waals surface area contributed by atoms with Crippen LogP contribution in [0, 0.1) is 25.2 Å². The molecule has 0 radical (unpaired) electrons. The fourth-order valence-corrected chi connectivity index (χ4v) is 3.09. The molecule has 1 amide bonds. The van der Waals surface area contributed by atoms with Gasteiger partial charge in [0.1, 0.15) is 11.6 Å². The van der Waals surface area contributed by atoms with Gasteiger partial charge >= 0.3 is 0 Å². The molecule has 2 heterocycles. The van der Waals surface area contributed by atoms with Crippen molar-refractivity contribution < 1.29 is 4.79 Å². The molecule has 0 N–H and O–H groups in total. The van der Waals surface area contributed by atoms with E-state index in [4.69, 9.17) is 5.26 Å². The van der Waals surface area contributed by atoms with E-state index in [-0.39, 0.29) is 11.9 Å². The number of aromatic nitrogens is 3. The van der Waals surface area contributed by atoms with Gasteiger partial charge in [0.15, 0.2) is 0 Å². The zero-order valence-electron chi connectivity index (χ0n) is 13.4. The number of aryl methyl sites for hydroxylation is 2. The minimum atomic E-state index is 0.00804. The molecule has 0 aliphatic carbocycles. The van der Waals surface area contributed by atoms with Gasteiger partial charge in [0, 0.05) is 18.7 Å². The Hall–Kier alpha value is -2.68. The summed E-state index contributed by atoms with van der Waals surface area (Å²) in [6, 6.07) is 9.04. The first-order valence-corrected chi connectivity index (χ1v) is 7.77. The number of rotatable bonds is 2. The van der Waals surface area contributed by atoms with Gasteiger partial charge < -0.3 is 4.90 Å². The molecule has 1 atom stereocenters. The number of piperidine rings is 1. The zero-order valence-corrected chi connectivity index (χ0v) is 13.4. The lowest BCUT2D eigenvalue weighted by Gasteiger charge is -2.33. The summed E-state index contributed by atoms with van der Waals surface area (Å²) in [5.74, 6) is 1.66. The number of nitriles is 1. The minimum absolute atomic E-state index is 0.00804. The number of carbonyl (C=O) groups is 1. The van der Waals surface area contributed by atoms with Gasteiger partial charge in [0.05, 0.1) is 17.7 Å². The van der Waals surface area contributed by atoms with E-state index in [1.54, 1.807) is 24.3 Å².